The van der Waals surface area contributed by atoms with Gasteiger partial charge in [0.25, 0.3) is 0 Å². The Morgan fingerprint density at radius 3 is 2.47 bits per heavy atom. The van der Waals surface area contributed by atoms with Crippen molar-refractivity contribution >= 4 is 16.7 Å². The van der Waals surface area contributed by atoms with Crippen molar-refractivity contribution in [2.24, 2.45) is 7.05 Å². The van der Waals surface area contributed by atoms with E-state index in [9.17, 15) is 4.79 Å². The number of methoxy groups -OCH3 is 1. The lowest BCUT2D eigenvalue weighted by molar-refractivity contribution is 0.101. The molecule has 0 aliphatic rings. The van der Waals surface area contributed by atoms with E-state index in [-0.39, 0.29) is 5.78 Å². The maximum atomic E-state index is 11.8. The van der Waals surface area contributed by atoms with Gasteiger partial charge in [0.2, 0.25) is 0 Å². The summed E-state index contributed by atoms with van der Waals surface area (Å²) in [5.74, 6) is 0.910. The highest BCUT2D eigenvalue weighted by molar-refractivity contribution is 6.10. The van der Waals surface area contributed by atoms with Gasteiger partial charge in [-0.2, -0.15) is 0 Å². The number of ether oxygens (including phenoxy) is 1. The molecule has 0 fully saturated rings. The average Bonchev–Trinajstić information content (AvgIpc) is 2.55. The van der Waals surface area contributed by atoms with Crippen LogP contribution in [-0.4, -0.2) is 17.5 Å². The highest BCUT2D eigenvalue weighted by Crippen LogP contribution is 2.34. The maximum Gasteiger partial charge on any atom is 0.162 e. The van der Waals surface area contributed by atoms with Crippen LogP contribution in [0.4, 0.5) is 0 Å². The van der Waals surface area contributed by atoms with Crippen LogP contribution in [0.1, 0.15) is 28.5 Å². The predicted molar refractivity (Wildman–Crippen MR) is 68.9 cm³/mol. The average molecular weight is 231 g/mol. The predicted octanol–water partition coefficient (Wildman–Crippen LogP) is 3.01. The molecular weight excluding hydrogens is 214 g/mol. The van der Waals surface area contributed by atoms with Crippen LogP contribution in [0.15, 0.2) is 12.1 Å². The van der Waals surface area contributed by atoms with Gasteiger partial charge in [-0.1, -0.05) is 6.07 Å². The Bertz CT molecular complexity index is 608. The summed E-state index contributed by atoms with van der Waals surface area (Å²) in [5, 5.41) is 1.01. The lowest BCUT2D eigenvalue weighted by Crippen LogP contribution is -1.97. The number of aromatic nitrogens is 1. The van der Waals surface area contributed by atoms with Crippen molar-refractivity contribution in [1.82, 2.24) is 4.57 Å². The number of benzene rings is 1. The van der Waals surface area contributed by atoms with Gasteiger partial charge in [-0.05, 0) is 32.4 Å². The van der Waals surface area contributed by atoms with Crippen molar-refractivity contribution < 1.29 is 9.53 Å². The van der Waals surface area contributed by atoms with Crippen LogP contribution in [0.2, 0.25) is 0 Å². The van der Waals surface area contributed by atoms with E-state index in [0.29, 0.717) is 0 Å². The van der Waals surface area contributed by atoms with Crippen LogP contribution in [-0.2, 0) is 7.05 Å². The summed E-state index contributed by atoms with van der Waals surface area (Å²) in [4.78, 5) is 11.8. The minimum Gasteiger partial charge on any atom is -0.495 e. The van der Waals surface area contributed by atoms with Crippen molar-refractivity contribution in [1.29, 1.82) is 0 Å². The number of Topliss-reactive ketones (excluding diaryl/α,β-unsaturated/α-hetero) is 1. The van der Waals surface area contributed by atoms with E-state index in [1.165, 1.54) is 0 Å². The Labute approximate surface area is 101 Å². The van der Waals surface area contributed by atoms with E-state index < -0.39 is 0 Å². The largest absolute Gasteiger partial charge is 0.495 e. The maximum absolute atomic E-state index is 11.8. The number of hydrogen-bond acceptors (Lipinski definition) is 2. The van der Waals surface area contributed by atoms with E-state index in [4.69, 9.17) is 4.74 Å². The van der Waals surface area contributed by atoms with Crippen LogP contribution in [0.3, 0.4) is 0 Å². The molecule has 2 aromatic rings. The number of nitrogens with zero attached hydrogens (tertiary/aromatic N) is 1. The molecule has 3 nitrogen and oxygen atoms in total. The number of carbonyl (C=O) groups is 1. The molecule has 1 aromatic carbocycles. The second-order valence-electron chi connectivity index (χ2n) is 4.38. The fraction of sp³-hybridized carbons (Fsp3) is 0.357. The molecule has 0 saturated carbocycles. The van der Waals surface area contributed by atoms with Crippen LogP contribution >= 0.6 is 0 Å². The zero-order valence-electron chi connectivity index (χ0n) is 10.9. The van der Waals surface area contributed by atoms with Gasteiger partial charge in [0.15, 0.2) is 5.78 Å². The molecule has 3 heteroatoms. The normalized spacial score (nSPS) is 10.9. The third kappa shape index (κ3) is 1.54. The molecule has 0 bridgehead atoms. The first kappa shape index (κ1) is 11.7. The van der Waals surface area contributed by atoms with Gasteiger partial charge in [-0.25, -0.2) is 0 Å². The van der Waals surface area contributed by atoms with Gasteiger partial charge in [-0.3, -0.25) is 4.79 Å². The SMILES string of the molecule is COc1ccc(C)c2c(C(C)=O)c(C)n(C)c12. The molecule has 0 radical (unpaired) electrons. The van der Waals surface area contributed by atoms with Crippen LogP contribution in [0.25, 0.3) is 10.9 Å². The molecule has 0 N–H and O–H groups in total. The van der Waals surface area contributed by atoms with Gasteiger partial charge in [0.1, 0.15) is 5.75 Å². The van der Waals surface area contributed by atoms with E-state index in [1.807, 2.05) is 37.6 Å². The van der Waals surface area contributed by atoms with Crippen molar-refractivity contribution in [2.75, 3.05) is 7.11 Å². The van der Waals surface area contributed by atoms with Gasteiger partial charge < -0.3 is 9.30 Å². The lowest BCUT2D eigenvalue weighted by atomic mass is 10.0. The van der Waals surface area contributed by atoms with Crippen molar-refractivity contribution in [3.63, 3.8) is 0 Å². The molecule has 0 spiro atoms. The first-order valence-electron chi connectivity index (χ1n) is 5.62. The molecule has 0 aliphatic heterocycles. The molecular formula is C14H17NO2. The zero-order valence-corrected chi connectivity index (χ0v) is 10.9. The van der Waals surface area contributed by atoms with Gasteiger partial charge >= 0.3 is 0 Å². The second-order valence-corrected chi connectivity index (χ2v) is 4.38. The summed E-state index contributed by atoms with van der Waals surface area (Å²) < 4.78 is 7.40. The fourth-order valence-electron chi connectivity index (χ4n) is 2.43. The van der Waals surface area contributed by atoms with Crippen LogP contribution in [0.5, 0.6) is 5.75 Å². The molecule has 0 atom stereocenters. The Morgan fingerprint density at radius 2 is 1.94 bits per heavy atom. The molecule has 17 heavy (non-hydrogen) atoms. The summed E-state index contributed by atoms with van der Waals surface area (Å²) in [6, 6.07) is 3.94. The minimum absolute atomic E-state index is 0.101. The van der Waals surface area contributed by atoms with E-state index in [2.05, 4.69) is 0 Å². The molecule has 2 rings (SSSR count). The second kappa shape index (κ2) is 3.91. The number of carbonyl (C=O) groups excluding carboxylic acids is 1. The van der Waals surface area contributed by atoms with E-state index >= 15 is 0 Å². The van der Waals surface area contributed by atoms with Crippen molar-refractivity contribution in [2.45, 2.75) is 20.8 Å². The smallest absolute Gasteiger partial charge is 0.162 e. The number of hydrogen-bond donors (Lipinski definition) is 0. The molecule has 0 unspecified atom stereocenters. The summed E-state index contributed by atoms with van der Waals surface area (Å²) in [7, 11) is 3.62. The van der Waals surface area contributed by atoms with Gasteiger partial charge in [0.05, 0.1) is 12.6 Å². The standard InChI is InChI=1S/C14H17NO2/c1-8-6-7-11(17-5)14-12(8)13(10(3)16)9(2)15(14)4/h6-7H,1-5H3. The lowest BCUT2D eigenvalue weighted by Gasteiger charge is -2.06. The van der Waals surface area contributed by atoms with E-state index in [1.54, 1.807) is 14.0 Å². The molecule has 0 amide bonds. The number of rotatable bonds is 2. The molecule has 0 aliphatic carbocycles. The first-order chi connectivity index (χ1) is 7.99. The third-order valence-electron chi connectivity index (χ3n) is 3.37. The summed E-state index contributed by atoms with van der Waals surface area (Å²) in [5.41, 5.74) is 3.89. The monoisotopic (exact) mass is 231 g/mol. The molecule has 90 valence electrons. The zero-order chi connectivity index (χ0) is 12.7. The third-order valence-corrected chi connectivity index (χ3v) is 3.37. The fourth-order valence-corrected chi connectivity index (χ4v) is 2.43. The minimum atomic E-state index is 0.101. The molecule has 0 saturated heterocycles. The summed E-state index contributed by atoms with van der Waals surface area (Å²) >= 11 is 0. The molecule has 1 aromatic heterocycles. The first-order valence-corrected chi connectivity index (χ1v) is 5.62. The Balaban J connectivity index is 3.03. The quantitative estimate of drug-likeness (QED) is 0.744. The van der Waals surface area contributed by atoms with E-state index in [0.717, 1.165) is 33.5 Å². The highest BCUT2D eigenvalue weighted by atomic mass is 16.5. The van der Waals surface area contributed by atoms with Gasteiger partial charge in [-0.15, -0.1) is 0 Å². The van der Waals surface area contributed by atoms with Crippen molar-refractivity contribution in [3.05, 3.63) is 29.0 Å². The summed E-state index contributed by atoms with van der Waals surface area (Å²) in [6.07, 6.45) is 0. The Hall–Kier alpha value is -1.77. The van der Waals surface area contributed by atoms with Gasteiger partial charge in [0, 0.05) is 23.7 Å². The van der Waals surface area contributed by atoms with Crippen LogP contribution in [0, 0.1) is 13.8 Å². The Morgan fingerprint density at radius 1 is 1.29 bits per heavy atom. The topological polar surface area (TPSA) is 31.2 Å². The Kier molecular flexibility index (Phi) is 2.69. The van der Waals surface area contributed by atoms with Crippen molar-refractivity contribution in [3.8, 4) is 5.75 Å². The van der Waals surface area contributed by atoms with Crippen LogP contribution < -0.4 is 4.74 Å². The number of aryl methyl sites for hydroxylation is 2. The number of fused-ring (bicyclic) bond motifs is 1. The molecule has 1 heterocycles. The number of ketones is 1. The highest BCUT2D eigenvalue weighted by Gasteiger charge is 2.19. The summed E-state index contributed by atoms with van der Waals surface area (Å²) in [6.45, 7) is 5.60.